The van der Waals surface area contributed by atoms with Gasteiger partial charge in [-0.1, -0.05) is 12.8 Å². The van der Waals surface area contributed by atoms with Gasteiger partial charge in [-0.15, -0.1) is 0 Å². The summed E-state index contributed by atoms with van der Waals surface area (Å²) in [5.74, 6) is 0.978. The number of hydrogen-bond acceptors (Lipinski definition) is 6. The van der Waals surface area contributed by atoms with Crippen LogP contribution in [0.15, 0.2) is 29.1 Å². The van der Waals surface area contributed by atoms with Gasteiger partial charge in [0.05, 0.1) is 11.5 Å². The Balaban J connectivity index is 1.33. The molecule has 1 amide bonds. The third-order valence-corrected chi connectivity index (χ3v) is 6.35. The van der Waals surface area contributed by atoms with Gasteiger partial charge < -0.3 is 5.32 Å². The fourth-order valence-electron chi connectivity index (χ4n) is 4.70. The largest absolute Gasteiger partial charge is 0.345 e. The number of rotatable bonds is 6. The topological polar surface area (TPSA) is 115 Å². The molecule has 31 heavy (non-hydrogen) atoms. The second-order valence-corrected chi connectivity index (χ2v) is 8.48. The number of nitro benzene ring substituents is 1. The molecule has 0 unspecified atom stereocenters. The quantitative estimate of drug-likeness (QED) is 0.558. The van der Waals surface area contributed by atoms with E-state index in [0.29, 0.717) is 5.69 Å². The van der Waals surface area contributed by atoms with Gasteiger partial charge in [0.1, 0.15) is 5.82 Å². The summed E-state index contributed by atoms with van der Waals surface area (Å²) in [6, 6.07) is 6.08. The molecule has 1 aliphatic carbocycles. The van der Waals surface area contributed by atoms with Gasteiger partial charge in [-0.25, -0.2) is 9.48 Å². The number of nitrogens with zero attached hydrogens (tertiary/aromatic N) is 5. The van der Waals surface area contributed by atoms with Crippen LogP contribution < -0.4 is 11.0 Å². The standard InChI is InChI=1S/C21H28N6O4/c1-24-21(29)26(17-4-2-3-5-17)20(23-24)15-10-12-25(13-11-15)14-19(28)22-16-6-8-18(9-7-16)27(30)31/h6-9,15,17H,2-5,10-14H2,1H3,(H,22,28). The zero-order valence-corrected chi connectivity index (χ0v) is 17.7. The molecule has 1 aromatic carbocycles. The summed E-state index contributed by atoms with van der Waals surface area (Å²) in [5, 5.41) is 18.1. The van der Waals surface area contributed by atoms with E-state index < -0.39 is 4.92 Å². The van der Waals surface area contributed by atoms with Crippen molar-refractivity contribution in [2.75, 3.05) is 25.0 Å². The Morgan fingerprint density at radius 1 is 1.16 bits per heavy atom. The van der Waals surface area contributed by atoms with Crippen LogP contribution in [0.5, 0.6) is 0 Å². The van der Waals surface area contributed by atoms with E-state index in [1.807, 2.05) is 4.57 Å². The molecule has 0 radical (unpaired) electrons. The predicted octanol–water partition coefficient (Wildman–Crippen LogP) is 2.42. The molecular formula is C21H28N6O4. The zero-order valence-electron chi connectivity index (χ0n) is 17.7. The second-order valence-electron chi connectivity index (χ2n) is 8.48. The third-order valence-electron chi connectivity index (χ3n) is 6.35. The highest BCUT2D eigenvalue weighted by atomic mass is 16.6. The Morgan fingerprint density at radius 2 is 1.81 bits per heavy atom. The summed E-state index contributed by atoms with van der Waals surface area (Å²) in [6.45, 7) is 1.78. The van der Waals surface area contributed by atoms with Crippen LogP contribution in [-0.4, -0.2) is 49.7 Å². The minimum atomic E-state index is -0.469. The lowest BCUT2D eigenvalue weighted by molar-refractivity contribution is -0.384. The van der Waals surface area contributed by atoms with Crippen molar-refractivity contribution < 1.29 is 9.72 Å². The van der Waals surface area contributed by atoms with Crippen molar-refractivity contribution in [1.82, 2.24) is 19.2 Å². The third kappa shape index (κ3) is 4.68. The van der Waals surface area contributed by atoms with E-state index >= 15 is 0 Å². The van der Waals surface area contributed by atoms with Crippen molar-refractivity contribution in [3.63, 3.8) is 0 Å². The van der Waals surface area contributed by atoms with Crippen molar-refractivity contribution in [2.45, 2.75) is 50.5 Å². The van der Waals surface area contributed by atoms with Crippen LogP contribution in [0.25, 0.3) is 0 Å². The van der Waals surface area contributed by atoms with Crippen molar-refractivity contribution in [2.24, 2.45) is 7.05 Å². The SMILES string of the molecule is Cn1nc(C2CCN(CC(=O)Nc3ccc([N+](=O)[O-])cc3)CC2)n(C2CCCC2)c1=O. The molecule has 10 heteroatoms. The van der Waals surface area contributed by atoms with Gasteiger partial charge in [0.2, 0.25) is 5.91 Å². The first-order valence-electron chi connectivity index (χ1n) is 10.8. The van der Waals surface area contributed by atoms with E-state index in [1.54, 1.807) is 7.05 Å². The van der Waals surface area contributed by atoms with E-state index in [-0.39, 0.29) is 35.8 Å². The van der Waals surface area contributed by atoms with Crippen molar-refractivity contribution >= 4 is 17.3 Å². The van der Waals surface area contributed by atoms with Gasteiger partial charge in [0, 0.05) is 36.8 Å². The number of nitro groups is 1. The highest BCUT2D eigenvalue weighted by molar-refractivity contribution is 5.92. The fourth-order valence-corrected chi connectivity index (χ4v) is 4.70. The fraction of sp³-hybridized carbons (Fsp3) is 0.571. The Labute approximate surface area is 180 Å². The van der Waals surface area contributed by atoms with Crippen LogP contribution in [0.2, 0.25) is 0 Å². The molecule has 2 heterocycles. The van der Waals surface area contributed by atoms with Crippen LogP contribution in [0.3, 0.4) is 0 Å². The van der Waals surface area contributed by atoms with Gasteiger partial charge in [-0.3, -0.25) is 24.4 Å². The minimum absolute atomic E-state index is 0.00864. The molecule has 2 aromatic rings. The molecule has 1 saturated heterocycles. The number of carbonyl (C=O) groups excluding carboxylic acids is 1. The summed E-state index contributed by atoms with van der Waals surface area (Å²) >= 11 is 0. The Kier molecular flexibility index (Phi) is 6.17. The number of amides is 1. The summed E-state index contributed by atoms with van der Waals surface area (Å²) in [6.07, 6.45) is 6.12. The number of nitrogens with one attached hydrogen (secondary N) is 1. The maximum atomic E-state index is 12.6. The number of piperidine rings is 1. The summed E-state index contributed by atoms with van der Waals surface area (Å²) in [5.41, 5.74) is 0.511. The van der Waals surface area contributed by atoms with Crippen LogP contribution in [0.4, 0.5) is 11.4 Å². The van der Waals surface area contributed by atoms with E-state index in [0.717, 1.165) is 57.4 Å². The highest BCUT2D eigenvalue weighted by Gasteiger charge is 2.30. The number of carbonyl (C=O) groups is 1. The molecule has 1 aliphatic heterocycles. The lowest BCUT2D eigenvalue weighted by Gasteiger charge is -2.31. The monoisotopic (exact) mass is 428 g/mol. The number of aryl methyl sites for hydroxylation is 1. The molecule has 166 valence electrons. The predicted molar refractivity (Wildman–Crippen MR) is 115 cm³/mol. The molecule has 1 saturated carbocycles. The highest BCUT2D eigenvalue weighted by Crippen LogP contribution is 2.33. The smallest absolute Gasteiger partial charge is 0.325 e. The van der Waals surface area contributed by atoms with Crippen LogP contribution in [0, 0.1) is 10.1 Å². The van der Waals surface area contributed by atoms with E-state index in [9.17, 15) is 19.7 Å². The Hall–Kier alpha value is -3.01. The van der Waals surface area contributed by atoms with Gasteiger partial charge in [-0.2, -0.15) is 5.10 Å². The number of likely N-dealkylation sites (tertiary alicyclic amines) is 1. The first kappa shape index (κ1) is 21.2. The first-order chi connectivity index (χ1) is 14.9. The lowest BCUT2D eigenvalue weighted by atomic mass is 9.95. The van der Waals surface area contributed by atoms with Crippen molar-refractivity contribution in [1.29, 1.82) is 0 Å². The van der Waals surface area contributed by atoms with Gasteiger partial charge in [0.15, 0.2) is 0 Å². The zero-order chi connectivity index (χ0) is 22.0. The molecule has 0 spiro atoms. The van der Waals surface area contributed by atoms with Gasteiger partial charge >= 0.3 is 5.69 Å². The molecule has 0 atom stereocenters. The molecule has 10 nitrogen and oxygen atoms in total. The average molecular weight is 428 g/mol. The van der Waals surface area contributed by atoms with Crippen LogP contribution >= 0.6 is 0 Å². The second kappa shape index (κ2) is 9.01. The Bertz CT molecular complexity index is 998. The van der Waals surface area contributed by atoms with Crippen molar-refractivity contribution in [3.05, 3.63) is 50.7 Å². The van der Waals surface area contributed by atoms with Crippen LogP contribution in [0.1, 0.15) is 56.3 Å². The lowest BCUT2D eigenvalue weighted by Crippen LogP contribution is -2.39. The van der Waals surface area contributed by atoms with Gasteiger partial charge in [-0.05, 0) is 50.9 Å². The minimum Gasteiger partial charge on any atom is -0.325 e. The number of hydrogen-bond donors (Lipinski definition) is 1. The molecular weight excluding hydrogens is 400 g/mol. The summed E-state index contributed by atoms with van der Waals surface area (Å²) in [4.78, 5) is 37.4. The molecule has 4 rings (SSSR count). The normalized spacial score (nSPS) is 18.4. The number of benzene rings is 1. The number of non-ortho nitro benzene ring substituents is 1. The van der Waals surface area contributed by atoms with E-state index in [1.165, 1.54) is 28.9 Å². The molecule has 1 aromatic heterocycles. The molecule has 2 aliphatic rings. The molecule has 1 N–H and O–H groups in total. The van der Waals surface area contributed by atoms with E-state index in [4.69, 9.17) is 0 Å². The Morgan fingerprint density at radius 3 is 2.42 bits per heavy atom. The maximum Gasteiger partial charge on any atom is 0.345 e. The summed E-state index contributed by atoms with van der Waals surface area (Å²) < 4.78 is 3.38. The molecule has 2 fully saturated rings. The number of aromatic nitrogens is 3. The van der Waals surface area contributed by atoms with Crippen LogP contribution in [-0.2, 0) is 11.8 Å². The van der Waals surface area contributed by atoms with Gasteiger partial charge in [0.25, 0.3) is 5.69 Å². The average Bonchev–Trinajstić information content (AvgIpc) is 3.37. The van der Waals surface area contributed by atoms with Crippen molar-refractivity contribution in [3.8, 4) is 0 Å². The molecule has 0 bridgehead atoms. The maximum absolute atomic E-state index is 12.6. The number of anilines is 1. The first-order valence-corrected chi connectivity index (χ1v) is 10.8. The van der Waals surface area contributed by atoms with E-state index in [2.05, 4.69) is 15.3 Å². The summed E-state index contributed by atoms with van der Waals surface area (Å²) in [7, 11) is 1.72.